The summed E-state index contributed by atoms with van der Waals surface area (Å²) in [7, 11) is -3.83. The van der Waals surface area contributed by atoms with Crippen molar-refractivity contribution >= 4 is 48.8 Å². The first-order chi connectivity index (χ1) is 9.83. The van der Waals surface area contributed by atoms with Crippen LogP contribution in [0.5, 0.6) is 0 Å². The van der Waals surface area contributed by atoms with Crippen molar-refractivity contribution in [2.75, 3.05) is 4.72 Å². The molecule has 0 bridgehead atoms. The average molecular weight is 386 g/mol. The van der Waals surface area contributed by atoms with Crippen molar-refractivity contribution in [1.29, 1.82) is 0 Å². The van der Waals surface area contributed by atoms with E-state index >= 15 is 0 Å². The van der Waals surface area contributed by atoms with Gasteiger partial charge in [-0.2, -0.15) is 0 Å². The molecule has 0 aliphatic carbocycles. The number of halogens is 1. The average Bonchev–Trinajstić information content (AvgIpc) is 2.44. The van der Waals surface area contributed by atoms with Crippen molar-refractivity contribution in [2.45, 2.75) is 11.8 Å². The molecule has 110 valence electrons. The predicted octanol–water partition coefficient (Wildman–Crippen LogP) is 2.59. The predicted molar refractivity (Wildman–Crippen MR) is 89.8 cm³/mol. The maximum atomic E-state index is 12.5. The summed E-state index contributed by atoms with van der Waals surface area (Å²) in [4.78, 5) is 3.82. The summed E-state index contributed by atoms with van der Waals surface area (Å²) in [6, 6.07) is 8.18. The number of hydrogen-bond acceptors (Lipinski definition) is 4. The van der Waals surface area contributed by atoms with E-state index < -0.39 is 10.0 Å². The molecule has 0 saturated heterocycles. The van der Waals surface area contributed by atoms with Gasteiger partial charge in [-0.3, -0.25) is 9.71 Å². The molecule has 0 aliphatic rings. The van der Waals surface area contributed by atoms with Crippen LogP contribution in [0.2, 0.25) is 0 Å². The molecule has 21 heavy (non-hydrogen) atoms. The second-order valence-electron chi connectivity index (χ2n) is 4.23. The van der Waals surface area contributed by atoms with Gasteiger partial charge in [0.05, 0.1) is 5.69 Å². The van der Waals surface area contributed by atoms with Crippen LogP contribution in [0.1, 0.15) is 11.3 Å². The van der Waals surface area contributed by atoms with Crippen molar-refractivity contribution < 1.29 is 8.42 Å². The SMILES string of the molecule is Cc1c(Br)cccc1NS(=O)(=O)c1cccnc1C(N)=S. The fourth-order valence-electron chi connectivity index (χ4n) is 1.71. The number of pyridine rings is 1. The molecule has 1 heterocycles. The summed E-state index contributed by atoms with van der Waals surface area (Å²) < 4.78 is 28.4. The van der Waals surface area contributed by atoms with Crippen LogP contribution in [0.4, 0.5) is 5.69 Å². The summed E-state index contributed by atoms with van der Waals surface area (Å²) in [5.74, 6) is 0. The Morgan fingerprint density at radius 1 is 1.33 bits per heavy atom. The third kappa shape index (κ3) is 3.39. The van der Waals surface area contributed by atoms with Gasteiger partial charge in [0.15, 0.2) is 0 Å². The lowest BCUT2D eigenvalue weighted by Gasteiger charge is -2.13. The molecular formula is C13H12BrN3O2S2. The number of nitrogens with zero attached hydrogens (tertiary/aromatic N) is 1. The molecule has 3 N–H and O–H groups in total. The molecule has 0 atom stereocenters. The number of anilines is 1. The van der Waals surface area contributed by atoms with Gasteiger partial charge >= 0.3 is 0 Å². The number of nitrogens with two attached hydrogens (primary N) is 1. The van der Waals surface area contributed by atoms with Crippen molar-refractivity contribution in [2.24, 2.45) is 5.73 Å². The Morgan fingerprint density at radius 2 is 2.05 bits per heavy atom. The first kappa shape index (κ1) is 15.9. The highest BCUT2D eigenvalue weighted by Crippen LogP contribution is 2.26. The van der Waals surface area contributed by atoms with E-state index in [1.807, 2.05) is 6.07 Å². The van der Waals surface area contributed by atoms with Gasteiger partial charge in [0.25, 0.3) is 10.0 Å². The van der Waals surface area contributed by atoms with Crippen molar-refractivity contribution in [3.8, 4) is 0 Å². The van der Waals surface area contributed by atoms with Gasteiger partial charge in [-0.15, -0.1) is 0 Å². The lowest BCUT2D eigenvalue weighted by atomic mass is 10.2. The van der Waals surface area contributed by atoms with E-state index in [0.29, 0.717) is 5.69 Å². The second kappa shape index (κ2) is 6.08. The second-order valence-corrected chi connectivity index (χ2v) is 7.18. The lowest BCUT2D eigenvalue weighted by molar-refractivity contribution is 0.600. The maximum absolute atomic E-state index is 12.5. The lowest BCUT2D eigenvalue weighted by Crippen LogP contribution is -2.21. The van der Waals surface area contributed by atoms with E-state index in [1.165, 1.54) is 18.3 Å². The van der Waals surface area contributed by atoms with Crippen molar-refractivity contribution in [3.05, 3.63) is 52.3 Å². The van der Waals surface area contributed by atoms with Crippen LogP contribution < -0.4 is 10.5 Å². The summed E-state index contributed by atoms with van der Waals surface area (Å²) in [5.41, 5.74) is 6.86. The van der Waals surface area contributed by atoms with Crippen LogP contribution in [0.25, 0.3) is 0 Å². The third-order valence-electron chi connectivity index (χ3n) is 2.81. The van der Waals surface area contributed by atoms with Crippen LogP contribution in [0, 0.1) is 6.92 Å². The summed E-state index contributed by atoms with van der Waals surface area (Å²) >= 11 is 8.20. The first-order valence-corrected chi connectivity index (χ1v) is 8.54. The Labute approximate surface area is 136 Å². The molecule has 8 heteroatoms. The zero-order chi connectivity index (χ0) is 15.6. The number of nitrogens with one attached hydrogen (secondary N) is 1. The molecule has 2 rings (SSSR count). The highest BCUT2D eigenvalue weighted by atomic mass is 79.9. The number of sulfonamides is 1. The number of rotatable bonds is 4. The fourth-order valence-corrected chi connectivity index (χ4v) is 3.60. The Kier molecular flexibility index (Phi) is 4.60. The smallest absolute Gasteiger partial charge is 0.264 e. The minimum absolute atomic E-state index is 0.0446. The molecule has 0 unspecified atom stereocenters. The largest absolute Gasteiger partial charge is 0.388 e. The minimum Gasteiger partial charge on any atom is -0.388 e. The summed E-state index contributed by atoms with van der Waals surface area (Å²) in [6.45, 7) is 1.81. The quantitative estimate of drug-likeness (QED) is 0.789. The molecule has 0 spiro atoms. The zero-order valence-electron chi connectivity index (χ0n) is 11.0. The monoisotopic (exact) mass is 385 g/mol. The van der Waals surface area contributed by atoms with Gasteiger partial charge in [-0.1, -0.05) is 34.2 Å². The molecule has 0 aliphatic heterocycles. The first-order valence-electron chi connectivity index (χ1n) is 5.85. The third-order valence-corrected chi connectivity index (χ3v) is 5.26. The Hall–Kier alpha value is -1.51. The molecule has 2 aromatic rings. The summed E-state index contributed by atoms with van der Waals surface area (Å²) in [6.07, 6.45) is 1.44. The van der Waals surface area contributed by atoms with E-state index in [0.717, 1.165) is 10.0 Å². The molecule has 0 fully saturated rings. The zero-order valence-corrected chi connectivity index (χ0v) is 14.2. The highest BCUT2D eigenvalue weighted by Gasteiger charge is 2.21. The van der Waals surface area contributed by atoms with Crippen LogP contribution in [-0.4, -0.2) is 18.4 Å². The highest BCUT2D eigenvalue weighted by molar-refractivity contribution is 9.10. The Balaban J connectivity index is 2.49. The maximum Gasteiger partial charge on any atom is 0.264 e. The van der Waals surface area contributed by atoms with Crippen LogP contribution in [0.15, 0.2) is 45.9 Å². The Bertz CT molecular complexity index is 807. The van der Waals surface area contributed by atoms with E-state index in [-0.39, 0.29) is 15.6 Å². The standard InChI is InChI=1S/C13H12BrN3O2S2/c1-8-9(14)4-2-5-10(8)17-21(18,19)11-6-3-7-16-12(11)13(15)20/h2-7,17H,1H3,(H2,15,20). The molecule has 0 radical (unpaired) electrons. The molecule has 1 aromatic heterocycles. The minimum atomic E-state index is -3.83. The van der Waals surface area contributed by atoms with E-state index in [4.69, 9.17) is 18.0 Å². The molecule has 1 aromatic carbocycles. The molecular weight excluding hydrogens is 374 g/mol. The topological polar surface area (TPSA) is 85.1 Å². The summed E-state index contributed by atoms with van der Waals surface area (Å²) in [5, 5.41) is 0. The van der Waals surface area contributed by atoms with Gasteiger partial charge < -0.3 is 5.73 Å². The normalized spacial score (nSPS) is 11.1. The van der Waals surface area contributed by atoms with E-state index in [9.17, 15) is 8.42 Å². The van der Waals surface area contributed by atoms with Gasteiger partial charge in [0, 0.05) is 10.7 Å². The van der Waals surface area contributed by atoms with Crippen molar-refractivity contribution in [1.82, 2.24) is 4.98 Å². The fraction of sp³-hybridized carbons (Fsp3) is 0.0769. The van der Waals surface area contributed by atoms with Gasteiger partial charge in [0.2, 0.25) is 0 Å². The van der Waals surface area contributed by atoms with E-state index in [2.05, 4.69) is 25.6 Å². The van der Waals surface area contributed by atoms with Gasteiger partial charge in [-0.05, 0) is 36.8 Å². The number of aromatic nitrogens is 1. The molecule has 0 saturated carbocycles. The number of hydrogen-bond donors (Lipinski definition) is 2. The van der Waals surface area contributed by atoms with Crippen LogP contribution in [-0.2, 0) is 10.0 Å². The van der Waals surface area contributed by atoms with Gasteiger partial charge in [-0.25, -0.2) is 8.42 Å². The number of benzene rings is 1. The molecule has 5 nitrogen and oxygen atoms in total. The molecule has 0 amide bonds. The number of thiocarbonyl (C=S) groups is 1. The van der Waals surface area contributed by atoms with E-state index in [1.54, 1.807) is 19.1 Å². The van der Waals surface area contributed by atoms with Gasteiger partial charge in [0.1, 0.15) is 15.6 Å². The van der Waals surface area contributed by atoms with Crippen LogP contribution >= 0.6 is 28.1 Å². The van der Waals surface area contributed by atoms with Crippen molar-refractivity contribution in [3.63, 3.8) is 0 Å². The van der Waals surface area contributed by atoms with Crippen LogP contribution in [0.3, 0.4) is 0 Å². The Morgan fingerprint density at radius 3 is 2.71 bits per heavy atom.